The molecule has 0 radical (unpaired) electrons. The average molecular weight is 350 g/mol. The summed E-state index contributed by atoms with van der Waals surface area (Å²) in [5.74, 6) is -3.02. The van der Waals surface area contributed by atoms with E-state index in [1.54, 1.807) is 0 Å². The Kier molecular flexibility index (Phi) is 6.17. The molecule has 0 N–H and O–H groups in total. The van der Waals surface area contributed by atoms with E-state index in [-0.39, 0.29) is 5.57 Å². The lowest BCUT2D eigenvalue weighted by Crippen LogP contribution is -2.41. The molecule has 1 fully saturated rings. The van der Waals surface area contributed by atoms with Crippen molar-refractivity contribution in [2.45, 2.75) is 52.2 Å². The molecule has 1 aromatic carbocycles. The fraction of sp³-hybridized carbons (Fsp3) is 0.474. The van der Waals surface area contributed by atoms with E-state index < -0.39 is 23.5 Å². The lowest BCUT2D eigenvalue weighted by Gasteiger charge is -2.29. The fourth-order valence-corrected chi connectivity index (χ4v) is 2.41. The largest absolute Gasteiger partial charge is 0.493 e. The molecule has 0 spiro atoms. The first-order chi connectivity index (χ1) is 11.8. The zero-order chi connectivity index (χ0) is 18.4. The number of benzene rings is 1. The third-order valence-corrected chi connectivity index (χ3v) is 3.64. The van der Waals surface area contributed by atoms with Crippen molar-refractivity contribution in [3.8, 4) is 5.75 Å². The van der Waals surface area contributed by atoms with Gasteiger partial charge in [-0.1, -0.05) is 26.2 Å². The van der Waals surface area contributed by atoms with Crippen LogP contribution in [0, 0.1) is 5.82 Å². The summed E-state index contributed by atoms with van der Waals surface area (Å²) >= 11 is 0. The van der Waals surface area contributed by atoms with Crippen molar-refractivity contribution in [3.63, 3.8) is 0 Å². The Labute approximate surface area is 146 Å². The van der Waals surface area contributed by atoms with E-state index >= 15 is 0 Å². The van der Waals surface area contributed by atoms with E-state index in [4.69, 9.17) is 14.2 Å². The molecule has 0 amide bonds. The summed E-state index contributed by atoms with van der Waals surface area (Å²) in [7, 11) is 0. The van der Waals surface area contributed by atoms with Gasteiger partial charge in [0.05, 0.1) is 6.61 Å². The first-order valence-corrected chi connectivity index (χ1v) is 8.43. The highest BCUT2D eigenvalue weighted by Gasteiger charge is 2.39. The molecule has 1 aliphatic rings. The van der Waals surface area contributed by atoms with Crippen LogP contribution in [0.5, 0.6) is 5.75 Å². The smallest absolute Gasteiger partial charge is 0.348 e. The number of hydrogen-bond donors (Lipinski definition) is 0. The number of rotatable bonds is 7. The lowest BCUT2D eigenvalue weighted by molar-refractivity contribution is -0.222. The molecule has 136 valence electrons. The van der Waals surface area contributed by atoms with Crippen LogP contribution in [0.15, 0.2) is 23.8 Å². The van der Waals surface area contributed by atoms with Crippen molar-refractivity contribution < 1.29 is 28.2 Å². The number of hydrogen-bond acceptors (Lipinski definition) is 5. The molecule has 1 saturated heterocycles. The van der Waals surface area contributed by atoms with Gasteiger partial charge in [-0.2, -0.15) is 0 Å². The van der Waals surface area contributed by atoms with E-state index in [1.165, 1.54) is 38.1 Å². The molecule has 1 aliphatic heterocycles. The van der Waals surface area contributed by atoms with Gasteiger partial charge >= 0.3 is 11.9 Å². The molecule has 0 aliphatic carbocycles. The van der Waals surface area contributed by atoms with Crippen molar-refractivity contribution in [2.24, 2.45) is 0 Å². The van der Waals surface area contributed by atoms with Crippen LogP contribution in [0.4, 0.5) is 4.39 Å². The lowest BCUT2D eigenvalue weighted by atomic mass is 10.1. The number of esters is 2. The van der Waals surface area contributed by atoms with Crippen LogP contribution in [-0.4, -0.2) is 24.3 Å². The van der Waals surface area contributed by atoms with Crippen LogP contribution in [-0.2, 0) is 19.1 Å². The summed E-state index contributed by atoms with van der Waals surface area (Å²) < 4.78 is 29.3. The Balaban J connectivity index is 2.19. The van der Waals surface area contributed by atoms with E-state index in [0.29, 0.717) is 17.9 Å². The van der Waals surface area contributed by atoms with Crippen LogP contribution in [0.25, 0.3) is 6.08 Å². The second kappa shape index (κ2) is 8.14. The molecular weight excluding hydrogens is 327 g/mol. The van der Waals surface area contributed by atoms with Gasteiger partial charge < -0.3 is 14.2 Å². The quantitative estimate of drug-likeness (QED) is 0.322. The summed E-state index contributed by atoms with van der Waals surface area (Å²) in [6.07, 6.45) is 5.40. The number of ether oxygens (including phenoxy) is 3. The molecule has 1 heterocycles. The molecule has 1 aromatic rings. The maximum Gasteiger partial charge on any atom is 0.348 e. The molecule has 0 unspecified atom stereocenters. The zero-order valence-electron chi connectivity index (χ0n) is 14.8. The highest BCUT2D eigenvalue weighted by atomic mass is 19.1. The normalized spacial score (nSPS) is 16.2. The second-order valence-electron chi connectivity index (χ2n) is 6.33. The highest BCUT2D eigenvalue weighted by molar-refractivity contribution is 6.19. The van der Waals surface area contributed by atoms with Gasteiger partial charge in [0.2, 0.25) is 0 Å². The van der Waals surface area contributed by atoms with Gasteiger partial charge in [0.15, 0.2) is 0 Å². The SMILES string of the molecule is CCCCCCOc1ccc(F)cc1C=C1C(=O)OC(C)(C)OC1=O. The molecule has 2 rings (SSSR count). The molecule has 0 aromatic heterocycles. The molecule has 25 heavy (non-hydrogen) atoms. The third-order valence-electron chi connectivity index (χ3n) is 3.64. The average Bonchev–Trinajstić information content (AvgIpc) is 2.51. The Hall–Kier alpha value is -2.37. The third kappa shape index (κ3) is 5.31. The Morgan fingerprint density at radius 2 is 1.80 bits per heavy atom. The first-order valence-electron chi connectivity index (χ1n) is 8.43. The second-order valence-corrected chi connectivity index (χ2v) is 6.33. The van der Waals surface area contributed by atoms with Gasteiger partial charge in [-0.3, -0.25) is 0 Å². The number of halogens is 1. The van der Waals surface area contributed by atoms with Crippen LogP contribution in [0.2, 0.25) is 0 Å². The van der Waals surface area contributed by atoms with Crippen LogP contribution in [0.3, 0.4) is 0 Å². The van der Waals surface area contributed by atoms with E-state index in [2.05, 4.69) is 6.92 Å². The topological polar surface area (TPSA) is 61.8 Å². The summed E-state index contributed by atoms with van der Waals surface area (Å²) in [5.41, 5.74) is -0.000134. The van der Waals surface area contributed by atoms with Crippen molar-refractivity contribution in [2.75, 3.05) is 6.61 Å². The van der Waals surface area contributed by atoms with Crippen LogP contribution in [0.1, 0.15) is 52.0 Å². The van der Waals surface area contributed by atoms with Gasteiger partial charge in [0.25, 0.3) is 5.79 Å². The minimum absolute atomic E-state index is 0.291. The highest BCUT2D eigenvalue weighted by Crippen LogP contribution is 2.28. The Morgan fingerprint density at radius 3 is 2.44 bits per heavy atom. The van der Waals surface area contributed by atoms with Crippen molar-refractivity contribution in [1.82, 2.24) is 0 Å². The minimum Gasteiger partial charge on any atom is -0.493 e. The maximum absolute atomic E-state index is 13.6. The number of carbonyl (C=O) groups excluding carboxylic acids is 2. The maximum atomic E-state index is 13.6. The van der Waals surface area contributed by atoms with Gasteiger partial charge in [-0.05, 0) is 30.7 Å². The standard InChI is InChI=1S/C19H23FO5/c1-4-5-6-7-10-23-16-9-8-14(20)11-13(16)12-15-17(21)24-19(2,3)25-18(15)22/h8-9,11-12H,4-7,10H2,1-3H3. The predicted molar refractivity (Wildman–Crippen MR) is 90.3 cm³/mol. The van der Waals surface area contributed by atoms with Crippen molar-refractivity contribution in [1.29, 1.82) is 0 Å². The Morgan fingerprint density at radius 1 is 1.12 bits per heavy atom. The van der Waals surface area contributed by atoms with E-state index in [0.717, 1.165) is 25.7 Å². The Bertz CT molecular complexity index is 656. The predicted octanol–water partition coefficient (Wildman–Crippen LogP) is 4.00. The summed E-state index contributed by atoms with van der Waals surface area (Å²) in [6, 6.07) is 3.95. The fourth-order valence-electron chi connectivity index (χ4n) is 2.41. The molecule has 0 bridgehead atoms. The minimum atomic E-state index is -1.31. The number of unbranched alkanes of at least 4 members (excludes halogenated alkanes) is 3. The monoisotopic (exact) mass is 350 g/mol. The molecule has 6 heteroatoms. The molecule has 0 saturated carbocycles. The summed E-state index contributed by atoms with van der Waals surface area (Å²) in [4.78, 5) is 24.1. The summed E-state index contributed by atoms with van der Waals surface area (Å²) in [6.45, 7) is 5.53. The van der Waals surface area contributed by atoms with E-state index in [1.807, 2.05) is 0 Å². The summed E-state index contributed by atoms with van der Waals surface area (Å²) in [5, 5.41) is 0. The van der Waals surface area contributed by atoms with Crippen LogP contribution < -0.4 is 4.74 Å². The zero-order valence-corrected chi connectivity index (χ0v) is 14.8. The molecule has 5 nitrogen and oxygen atoms in total. The number of carbonyl (C=O) groups is 2. The molecule has 0 atom stereocenters. The van der Waals surface area contributed by atoms with Gasteiger partial charge in [0.1, 0.15) is 17.1 Å². The van der Waals surface area contributed by atoms with Crippen molar-refractivity contribution in [3.05, 3.63) is 35.2 Å². The van der Waals surface area contributed by atoms with Crippen molar-refractivity contribution >= 4 is 18.0 Å². The van der Waals surface area contributed by atoms with E-state index in [9.17, 15) is 14.0 Å². The first kappa shape index (κ1) is 19.0. The molecular formula is C19H23FO5. The van der Waals surface area contributed by atoms with Gasteiger partial charge in [-0.15, -0.1) is 0 Å². The number of cyclic esters (lactones) is 2. The van der Waals surface area contributed by atoms with Gasteiger partial charge in [-0.25, -0.2) is 14.0 Å². The van der Waals surface area contributed by atoms with Crippen LogP contribution >= 0.6 is 0 Å². The van der Waals surface area contributed by atoms with Gasteiger partial charge in [0, 0.05) is 19.4 Å².